The van der Waals surface area contributed by atoms with Crippen molar-refractivity contribution in [2.75, 3.05) is 0 Å². The van der Waals surface area contributed by atoms with E-state index in [4.69, 9.17) is 10.2 Å². The quantitative estimate of drug-likeness (QED) is 0.463. The number of aliphatic hydroxyl groups excluding tert-OH is 2. The summed E-state index contributed by atoms with van der Waals surface area (Å²) in [5, 5.41) is 17.1. The number of hydrogen-bond donors (Lipinski definition) is 2. The van der Waals surface area contributed by atoms with Crippen molar-refractivity contribution in [3.8, 4) is 11.3 Å². The first kappa shape index (κ1) is 23.7. The zero-order chi connectivity index (χ0) is 18.3. The molecule has 141 valence electrons. The number of aliphatic hydroxyl groups is 2. The topological polar surface area (TPSA) is 53.4 Å². The van der Waals surface area contributed by atoms with Crippen LogP contribution in [0.15, 0.2) is 36.5 Å². The van der Waals surface area contributed by atoms with Crippen LogP contribution < -0.4 is 0 Å². The predicted molar refractivity (Wildman–Crippen MR) is 81.4 cm³/mol. The van der Waals surface area contributed by atoms with Crippen LogP contribution in [0.2, 0.25) is 0 Å². The Hall–Kier alpha value is -1.34. The Labute approximate surface area is 157 Å². The third-order valence-corrected chi connectivity index (χ3v) is 2.82. The SMILES string of the molecule is CC(O)CC(C)O.Fc1c[c-]c(-c2ccc(C(F)(F)F)cn2)cc1.[Ir]. The zero-order valence-corrected chi connectivity index (χ0v) is 15.9. The van der Waals surface area contributed by atoms with Crippen LogP contribution in [0.5, 0.6) is 0 Å². The van der Waals surface area contributed by atoms with Gasteiger partial charge in [0.05, 0.1) is 17.8 Å². The fraction of sp³-hybridized carbons (Fsp3) is 0.353. The third-order valence-electron chi connectivity index (χ3n) is 2.82. The van der Waals surface area contributed by atoms with E-state index in [1.165, 1.54) is 18.2 Å². The molecule has 0 fully saturated rings. The normalized spacial score (nSPS) is 13.1. The third kappa shape index (κ3) is 9.07. The van der Waals surface area contributed by atoms with Crippen molar-refractivity contribution in [3.63, 3.8) is 0 Å². The van der Waals surface area contributed by atoms with Crippen molar-refractivity contribution in [1.82, 2.24) is 4.98 Å². The molecule has 2 rings (SSSR count). The van der Waals surface area contributed by atoms with Gasteiger partial charge in [0.15, 0.2) is 0 Å². The van der Waals surface area contributed by atoms with E-state index in [1.54, 1.807) is 13.8 Å². The smallest absolute Gasteiger partial charge is 0.393 e. The first-order chi connectivity index (χ1) is 11.1. The number of alkyl halides is 3. The van der Waals surface area contributed by atoms with Crippen LogP contribution in [0, 0.1) is 11.9 Å². The molecule has 3 nitrogen and oxygen atoms in total. The minimum atomic E-state index is -4.40. The molecule has 1 aromatic carbocycles. The van der Waals surface area contributed by atoms with Crippen molar-refractivity contribution < 1.29 is 47.9 Å². The van der Waals surface area contributed by atoms with E-state index in [-0.39, 0.29) is 32.3 Å². The van der Waals surface area contributed by atoms with E-state index < -0.39 is 17.6 Å². The molecule has 2 unspecified atom stereocenters. The van der Waals surface area contributed by atoms with Gasteiger partial charge in [-0.15, -0.1) is 29.8 Å². The summed E-state index contributed by atoms with van der Waals surface area (Å²) in [4.78, 5) is 3.67. The summed E-state index contributed by atoms with van der Waals surface area (Å²) in [6.07, 6.45) is -3.94. The molecule has 0 saturated heterocycles. The fourth-order valence-corrected chi connectivity index (χ4v) is 1.78. The van der Waals surface area contributed by atoms with Crippen molar-refractivity contribution >= 4 is 0 Å². The number of benzene rings is 1. The number of pyridine rings is 1. The summed E-state index contributed by atoms with van der Waals surface area (Å²) in [6.45, 7) is 3.32. The maximum Gasteiger partial charge on any atom is 0.417 e. The number of halogens is 4. The molecule has 0 bridgehead atoms. The monoisotopic (exact) mass is 537 g/mol. The van der Waals surface area contributed by atoms with Crippen LogP contribution in [0.1, 0.15) is 25.8 Å². The molecular formula is C17H18F4IrNO2-. The van der Waals surface area contributed by atoms with Crippen LogP contribution in [-0.2, 0) is 26.3 Å². The first-order valence-electron chi connectivity index (χ1n) is 7.16. The minimum Gasteiger partial charge on any atom is -0.393 e. The largest absolute Gasteiger partial charge is 0.417 e. The molecule has 0 amide bonds. The molecule has 2 aromatic rings. The van der Waals surface area contributed by atoms with Crippen molar-refractivity contribution in [3.05, 3.63) is 54.0 Å². The Bertz CT molecular complexity index is 608. The van der Waals surface area contributed by atoms with Crippen LogP contribution in [0.25, 0.3) is 11.3 Å². The molecule has 0 aliphatic rings. The fourth-order valence-electron chi connectivity index (χ4n) is 1.78. The van der Waals surface area contributed by atoms with E-state index in [2.05, 4.69) is 11.1 Å². The van der Waals surface area contributed by atoms with Gasteiger partial charge >= 0.3 is 6.18 Å². The van der Waals surface area contributed by atoms with Gasteiger partial charge < -0.3 is 15.2 Å². The zero-order valence-electron chi connectivity index (χ0n) is 13.5. The van der Waals surface area contributed by atoms with Gasteiger partial charge in [-0.1, -0.05) is 12.1 Å². The molecule has 0 aliphatic heterocycles. The Balaban J connectivity index is 0.000000620. The molecular weight excluding hydrogens is 518 g/mol. The molecule has 1 heterocycles. The number of hydrogen-bond acceptors (Lipinski definition) is 3. The Morgan fingerprint density at radius 2 is 1.68 bits per heavy atom. The van der Waals surface area contributed by atoms with E-state index in [0.29, 0.717) is 17.7 Å². The Kier molecular flexibility index (Phi) is 10.0. The van der Waals surface area contributed by atoms with E-state index in [0.717, 1.165) is 18.3 Å². The van der Waals surface area contributed by atoms with Crippen LogP contribution in [0.3, 0.4) is 0 Å². The molecule has 0 spiro atoms. The van der Waals surface area contributed by atoms with Gasteiger partial charge in [-0.25, -0.2) is 0 Å². The number of nitrogens with zero attached hydrogens (tertiary/aromatic N) is 1. The van der Waals surface area contributed by atoms with Crippen molar-refractivity contribution in [2.24, 2.45) is 0 Å². The standard InChI is InChI=1S/C12H6F4N.C5H12O2.Ir/c13-10-4-1-8(2-5-10)11-6-3-9(7-17-11)12(14,15)16;1-4(6)3-5(2)7;/h1,3-7H;4-7H,3H2,1-2H3;/q-1;;. The predicted octanol–water partition coefficient (Wildman–Crippen LogP) is 3.84. The van der Waals surface area contributed by atoms with Gasteiger partial charge in [0.25, 0.3) is 0 Å². The number of rotatable bonds is 3. The van der Waals surface area contributed by atoms with Gasteiger partial charge in [-0.3, -0.25) is 4.39 Å². The summed E-state index contributed by atoms with van der Waals surface area (Å²) in [6, 6.07) is 8.46. The summed E-state index contributed by atoms with van der Waals surface area (Å²) in [5.41, 5.74) is -0.0542. The van der Waals surface area contributed by atoms with Crippen LogP contribution >= 0.6 is 0 Å². The summed E-state index contributed by atoms with van der Waals surface area (Å²) in [5.74, 6) is -0.458. The van der Waals surface area contributed by atoms with Gasteiger partial charge in [-0.2, -0.15) is 13.2 Å². The second kappa shape index (κ2) is 10.6. The molecule has 0 saturated carbocycles. The summed E-state index contributed by atoms with van der Waals surface area (Å²) >= 11 is 0. The Morgan fingerprint density at radius 1 is 1.08 bits per heavy atom. The maximum absolute atomic E-state index is 12.6. The average molecular weight is 537 g/mol. The van der Waals surface area contributed by atoms with Gasteiger partial charge in [0.2, 0.25) is 0 Å². The maximum atomic E-state index is 12.6. The second-order valence-corrected chi connectivity index (χ2v) is 5.28. The van der Waals surface area contributed by atoms with Crippen molar-refractivity contribution in [2.45, 2.75) is 38.7 Å². The minimum absolute atomic E-state index is 0. The van der Waals surface area contributed by atoms with Gasteiger partial charge in [0, 0.05) is 32.1 Å². The number of aromatic nitrogens is 1. The molecule has 1 aromatic heterocycles. The van der Waals surface area contributed by atoms with E-state index >= 15 is 0 Å². The molecule has 2 atom stereocenters. The van der Waals surface area contributed by atoms with Gasteiger partial charge in [-0.05, 0) is 26.0 Å². The summed E-state index contributed by atoms with van der Waals surface area (Å²) < 4.78 is 49.5. The van der Waals surface area contributed by atoms with Gasteiger partial charge in [0.1, 0.15) is 0 Å². The molecule has 0 aliphatic carbocycles. The summed E-state index contributed by atoms with van der Waals surface area (Å²) in [7, 11) is 0. The molecule has 2 N–H and O–H groups in total. The molecule has 25 heavy (non-hydrogen) atoms. The van der Waals surface area contributed by atoms with E-state index in [1.807, 2.05) is 0 Å². The van der Waals surface area contributed by atoms with E-state index in [9.17, 15) is 17.6 Å². The van der Waals surface area contributed by atoms with Crippen molar-refractivity contribution in [1.29, 1.82) is 0 Å². The first-order valence-corrected chi connectivity index (χ1v) is 7.16. The van der Waals surface area contributed by atoms with Crippen LogP contribution in [0.4, 0.5) is 17.6 Å². The Morgan fingerprint density at radius 3 is 2.00 bits per heavy atom. The van der Waals surface area contributed by atoms with Crippen LogP contribution in [-0.4, -0.2) is 27.4 Å². The average Bonchev–Trinajstić information content (AvgIpc) is 2.46. The second-order valence-electron chi connectivity index (χ2n) is 5.28. The molecule has 1 radical (unpaired) electrons. The molecule has 8 heteroatoms.